The molecule has 2 aromatic rings. The van der Waals surface area contributed by atoms with Crippen molar-refractivity contribution in [1.82, 2.24) is 9.78 Å². The molecule has 0 saturated carbocycles. The largest absolute Gasteiger partial charge is 0.380 e. The number of carbonyl (C=O) groups excluding carboxylic acids is 1. The highest BCUT2D eigenvalue weighted by Gasteiger charge is 2.20. The Balaban J connectivity index is 1.91. The Labute approximate surface area is 136 Å². The first-order valence-electron chi connectivity index (χ1n) is 7.83. The van der Waals surface area contributed by atoms with Crippen LogP contribution in [0.4, 0.5) is 11.4 Å². The zero-order valence-corrected chi connectivity index (χ0v) is 13.2. The first kappa shape index (κ1) is 15.2. The number of carbonyl (C=O) groups is 1. The van der Waals surface area contributed by atoms with Crippen LogP contribution in [-0.4, -0.2) is 21.7 Å². The lowest BCUT2D eigenvalue weighted by atomic mass is 10.1. The van der Waals surface area contributed by atoms with Gasteiger partial charge < -0.3 is 10.6 Å². The third-order valence-corrected chi connectivity index (χ3v) is 3.87. The van der Waals surface area contributed by atoms with Gasteiger partial charge in [0.05, 0.1) is 17.6 Å². The molecule has 1 amide bonds. The van der Waals surface area contributed by atoms with E-state index < -0.39 is 0 Å². The van der Waals surface area contributed by atoms with Crippen molar-refractivity contribution in [3.63, 3.8) is 0 Å². The standard InChI is InChI=1S/C18H20N4O/c1-3-4-5-9-22-12-14(11-19-22)15-7-6-8-16-18(15)20-13(2)10-17(23)21-16/h1,6-8,11-13,20H,4-5,9-10H2,2H3,(H,21,23)/t13-/m1/s1. The van der Waals surface area contributed by atoms with Crippen molar-refractivity contribution in [2.24, 2.45) is 0 Å². The van der Waals surface area contributed by atoms with E-state index in [2.05, 4.69) is 21.7 Å². The van der Waals surface area contributed by atoms with Crippen molar-refractivity contribution in [2.45, 2.75) is 38.8 Å². The van der Waals surface area contributed by atoms with Crippen LogP contribution in [0.1, 0.15) is 26.2 Å². The molecule has 0 radical (unpaired) electrons. The molecule has 5 heteroatoms. The number of aryl methyl sites for hydroxylation is 1. The minimum absolute atomic E-state index is 0.0332. The number of rotatable bonds is 4. The van der Waals surface area contributed by atoms with Crippen molar-refractivity contribution in [1.29, 1.82) is 0 Å². The molecule has 3 rings (SSSR count). The fourth-order valence-electron chi connectivity index (χ4n) is 2.80. The summed E-state index contributed by atoms with van der Waals surface area (Å²) in [4.78, 5) is 11.9. The second-order valence-corrected chi connectivity index (χ2v) is 5.83. The molecule has 5 nitrogen and oxygen atoms in total. The van der Waals surface area contributed by atoms with E-state index in [-0.39, 0.29) is 11.9 Å². The first-order chi connectivity index (χ1) is 11.2. The maximum Gasteiger partial charge on any atom is 0.226 e. The topological polar surface area (TPSA) is 59.0 Å². The molecule has 1 aliphatic rings. The maximum atomic E-state index is 11.9. The van der Waals surface area contributed by atoms with Crippen LogP contribution < -0.4 is 10.6 Å². The van der Waals surface area contributed by atoms with Crippen LogP contribution >= 0.6 is 0 Å². The summed E-state index contributed by atoms with van der Waals surface area (Å²) < 4.78 is 1.91. The van der Waals surface area contributed by atoms with Crippen molar-refractivity contribution in [3.05, 3.63) is 30.6 Å². The van der Waals surface area contributed by atoms with E-state index >= 15 is 0 Å². The van der Waals surface area contributed by atoms with Crippen LogP contribution in [0, 0.1) is 12.3 Å². The second-order valence-electron chi connectivity index (χ2n) is 5.83. The number of hydrogen-bond donors (Lipinski definition) is 2. The van der Waals surface area contributed by atoms with Crippen molar-refractivity contribution in [2.75, 3.05) is 10.6 Å². The van der Waals surface area contributed by atoms with Crippen molar-refractivity contribution >= 4 is 17.3 Å². The Bertz CT molecular complexity index is 757. The summed E-state index contributed by atoms with van der Waals surface area (Å²) in [6.45, 7) is 2.81. The predicted octanol–water partition coefficient (Wildman–Crippen LogP) is 3.11. The number of aromatic nitrogens is 2. The number of unbranched alkanes of at least 4 members (excludes halogenated alkanes) is 1. The number of nitrogens with one attached hydrogen (secondary N) is 2. The highest BCUT2D eigenvalue weighted by molar-refractivity contribution is 6.00. The fraction of sp³-hybridized carbons (Fsp3) is 0.333. The normalized spacial score (nSPS) is 16.7. The summed E-state index contributed by atoms with van der Waals surface area (Å²) in [6, 6.07) is 5.99. The number of para-hydroxylation sites is 1. The lowest BCUT2D eigenvalue weighted by Crippen LogP contribution is -2.19. The SMILES string of the molecule is C#CCCCn1cc(-c2cccc3c2N[C@H](C)CC(=O)N3)cn1. The quantitative estimate of drug-likeness (QED) is 0.674. The predicted molar refractivity (Wildman–Crippen MR) is 92.1 cm³/mol. The molecule has 118 valence electrons. The molecule has 2 heterocycles. The van der Waals surface area contributed by atoms with Gasteiger partial charge in [0.2, 0.25) is 5.91 Å². The summed E-state index contributed by atoms with van der Waals surface area (Å²) in [7, 11) is 0. The molecular formula is C18H20N4O. The van der Waals surface area contributed by atoms with E-state index in [9.17, 15) is 4.79 Å². The number of hydrogen-bond acceptors (Lipinski definition) is 3. The Kier molecular flexibility index (Phi) is 4.33. The lowest BCUT2D eigenvalue weighted by molar-refractivity contribution is -0.116. The zero-order valence-electron chi connectivity index (χ0n) is 13.2. The minimum Gasteiger partial charge on any atom is -0.380 e. The van der Waals surface area contributed by atoms with Crippen LogP contribution in [0.15, 0.2) is 30.6 Å². The maximum absolute atomic E-state index is 11.9. The molecule has 0 bridgehead atoms. The van der Waals surface area contributed by atoms with Crippen LogP contribution in [0.25, 0.3) is 11.1 Å². The fourth-order valence-corrected chi connectivity index (χ4v) is 2.80. The van der Waals surface area contributed by atoms with Crippen LogP contribution in [-0.2, 0) is 11.3 Å². The molecule has 1 aliphatic heterocycles. The van der Waals surface area contributed by atoms with Gasteiger partial charge in [-0.2, -0.15) is 5.10 Å². The lowest BCUT2D eigenvalue weighted by Gasteiger charge is -2.15. The van der Waals surface area contributed by atoms with Gasteiger partial charge in [-0.25, -0.2) is 0 Å². The number of terminal acetylenes is 1. The summed E-state index contributed by atoms with van der Waals surface area (Å²) in [5.74, 6) is 2.68. The number of amides is 1. The van der Waals surface area contributed by atoms with E-state index in [1.807, 2.05) is 42.2 Å². The number of benzene rings is 1. The van der Waals surface area contributed by atoms with Crippen molar-refractivity contribution < 1.29 is 4.79 Å². The van der Waals surface area contributed by atoms with Gasteiger partial charge in [0, 0.05) is 42.8 Å². The Hall–Kier alpha value is -2.74. The van der Waals surface area contributed by atoms with Gasteiger partial charge in [0.15, 0.2) is 0 Å². The van der Waals surface area contributed by atoms with Gasteiger partial charge in [0.1, 0.15) is 0 Å². The van der Waals surface area contributed by atoms with Gasteiger partial charge in [-0.1, -0.05) is 12.1 Å². The van der Waals surface area contributed by atoms with Gasteiger partial charge in [-0.05, 0) is 19.4 Å². The first-order valence-corrected chi connectivity index (χ1v) is 7.83. The molecule has 0 aliphatic carbocycles. The Morgan fingerprint density at radius 1 is 1.48 bits per heavy atom. The summed E-state index contributed by atoms with van der Waals surface area (Å²) in [5.41, 5.74) is 3.84. The zero-order chi connectivity index (χ0) is 16.2. The van der Waals surface area contributed by atoms with Crippen LogP contribution in [0.5, 0.6) is 0 Å². The highest BCUT2D eigenvalue weighted by Crippen LogP contribution is 2.36. The Morgan fingerprint density at radius 3 is 3.17 bits per heavy atom. The minimum atomic E-state index is 0.0332. The number of anilines is 2. The average Bonchev–Trinajstić information content (AvgIpc) is 2.91. The monoisotopic (exact) mass is 308 g/mol. The smallest absolute Gasteiger partial charge is 0.226 e. The molecule has 1 aromatic heterocycles. The second kappa shape index (κ2) is 6.57. The summed E-state index contributed by atoms with van der Waals surface area (Å²) in [5, 5.41) is 10.8. The van der Waals surface area contributed by atoms with E-state index in [1.54, 1.807) is 0 Å². The summed E-state index contributed by atoms with van der Waals surface area (Å²) >= 11 is 0. The van der Waals surface area contributed by atoms with E-state index in [1.165, 1.54) is 0 Å². The molecule has 0 fully saturated rings. The van der Waals surface area contributed by atoms with Crippen LogP contribution in [0.3, 0.4) is 0 Å². The molecule has 0 unspecified atom stereocenters. The highest BCUT2D eigenvalue weighted by atomic mass is 16.1. The van der Waals surface area contributed by atoms with E-state index in [0.29, 0.717) is 6.42 Å². The van der Waals surface area contributed by atoms with Gasteiger partial charge in [-0.3, -0.25) is 9.48 Å². The third-order valence-electron chi connectivity index (χ3n) is 3.87. The van der Waals surface area contributed by atoms with Gasteiger partial charge in [-0.15, -0.1) is 12.3 Å². The number of nitrogens with zero attached hydrogens (tertiary/aromatic N) is 2. The van der Waals surface area contributed by atoms with E-state index in [4.69, 9.17) is 6.42 Å². The molecule has 0 spiro atoms. The average molecular weight is 308 g/mol. The Morgan fingerprint density at radius 2 is 2.35 bits per heavy atom. The molecule has 23 heavy (non-hydrogen) atoms. The van der Waals surface area contributed by atoms with Gasteiger partial charge in [0.25, 0.3) is 0 Å². The van der Waals surface area contributed by atoms with E-state index in [0.717, 1.165) is 41.9 Å². The van der Waals surface area contributed by atoms with Crippen LogP contribution in [0.2, 0.25) is 0 Å². The third kappa shape index (κ3) is 3.37. The number of fused-ring (bicyclic) bond motifs is 1. The molecule has 2 N–H and O–H groups in total. The molecular weight excluding hydrogens is 288 g/mol. The summed E-state index contributed by atoms with van der Waals surface area (Å²) in [6.07, 6.45) is 11.3. The van der Waals surface area contributed by atoms with Gasteiger partial charge >= 0.3 is 0 Å². The molecule has 1 aromatic carbocycles. The van der Waals surface area contributed by atoms with Crippen molar-refractivity contribution in [3.8, 4) is 23.5 Å². The molecule has 0 saturated heterocycles. The molecule has 1 atom stereocenters.